The zero-order chi connectivity index (χ0) is 42.7. The van der Waals surface area contributed by atoms with Crippen LogP contribution in [0.3, 0.4) is 0 Å². The predicted molar refractivity (Wildman–Crippen MR) is 262 cm³/mol. The van der Waals surface area contributed by atoms with Gasteiger partial charge in [0.15, 0.2) is 0 Å². The monoisotopic (exact) mass is 928 g/mol. The molecule has 0 amide bonds. The second kappa shape index (κ2) is 19.3. The van der Waals surface area contributed by atoms with Gasteiger partial charge in [0, 0.05) is 9.52 Å². The molecule has 0 atom stereocenters. The van der Waals surface area contributed by atoms with Gasteiger partial charge in [-0.15, -0.1) is 69.1 Å². The summed E-state index contributed by atoms with van der Waals surface area (Å²) in [7, 11) is 11.0. The molecule has 6 aromatic rings. The van der Waals surface area contributed by atoms with E-state index in [1.54, 1.807) is 11.1 Å². The van der Waals surface area contributed by atoms with Crippen LogP contribution in [0.4, 0.5) is 0 Å². The Labute approximate surface area is 384 Å². The summed E-state index contributed by atoms with van der Waals surface area (Å²) in [6.07, 6.45) is 17.3. The van der Waals surface area contributed by atoms with Crippen LogP contribution in [0.5, 0.6) is 0 Å². The van der Waals surface area contributed by atoms with Gasteiger partial charge in [0.1, 0.15) is 0 Å². The van der Waals surface area contributed by atoms with E-state index in [9.17, 15) is 0 Å². The summed E-state index contributed by atoms with van der Waals surface area (Å²) < 4.78 is 0. The fourth-order valence-corrected chi connectivity index (χ4v) is 11.6. The first-order valence-electron chi connectivity index (χ1n) is 22.8. The Morgan fingerprint density at radius 1 is 0.567 bits per heavy atom. The number of hydrogen-bond donors (Lipinski definition) is 0. The Kier molecular flexibility index (Phi) is 14.7. The van der Waals surface area contributed by atoms with Crippen molar-refractivity contribution in [2.45, 2.75) is 143 Å². The molecule has 10 rings (SSSR count). The Morgan fingerprint density at radius 3 is 1.18 bits per heavy atom. The molecule has 2 radical (unpaired) electrons. The quantitative estimate of drug-likeness (QED) is 0.115. The molecule has 4 aliphatic rings. The van der Waals surface area contributed by atoms with E-state index in [1.165, 1.54) is 132 Å². The molecular formula is C56H68Cl2SiZr. The molecule has 0 heterocycles. The zero-order valence-corrected chi connectivity index (χ0v) is 42.8. The average molecular weight is 931 g/mol. The van der Waals surface area contributed by atoms with Gasteiger partial charge in [0.2, 0.25) is 0 Å². The number of rotatable bonds is 6. The Morgan fingerprint density at radius 2 is 0.900 bits per heavy atom. The molecular weight excluding hydrogens is 863 g/mol. The molecule has 0 unspecified atom stereocenters. The van der Waals surface area contributed by atoms with Gasteiger partial charge in [-0.1, -0.05) is 126 Å². The third-order valence-electron chi connectivity index (χ3n) is 14.7. The van der Waals surface area contributed by atoms with Crippen molar-refractivity contribution in [2.75, 3.05) is 0 Å². The molecule has 60 heavy (non-hydrogen) atoms. The van der Waals surface area contributed by atoms with E-state index < -0.39 is 20.8 Å². The van der Waals surface area contributed by atoms with Crippen LogP contribution in [0.1, 0.15) is 128 Å². The molecule has 4 bridgehead atoms. The van der Waals surface area contributed by atoms with Crippen molar-refractivity contribution in [3.8, 4) is 22.3 Å². The second-order valence-electron chi connectivity index (χ2n) is 21.2. The Bertz CT molecular complexity index is 2130. The van der Waals surface area contributed by atoms with Crippen LogP contribution in [0.2, 0.25) is 13.1 Å². The Balaban J connectivity index is 0.000000161. The number of halogens is 2. The molecule has 0 aromatic heterocycles. The molecule has 4 aliphatic carbocycles. The van der Waals surface area contributed by atoms with Gasteiger partial charge in [-0.05, 0) is 133 Å². The van der Waals surface area contributed by atoms with Crippen LogP contribution in [0, 0.1) is 22.7 Å². The van der Waals surface area contributed by atoms with Crippen LogP contribution >= 0.6 is 17.0 Å². The van der Waals surface area contributed by atoms with Crippen molar-refractivity contribution in [1.82, 2.24) is 0 Å². The molecule has 0 saturated heterocycles. The van der Waals surface area contributed by atoms with Crippen molar-refractivity contribution in [2.24, 2.45) is 22.7 Å². The minimum atomic E-state index is -0.826. The van der Waals surface area contributed by atoms with E-state index in [0.717, 1.165) is 21.4 Å². The summed E-state index contributed by atoms with van der Waals surface area (Å²) in [6.45, 7) is 18.0. The molecule has 314 valence electrons. The molecule has 0 N–H and O–H groups in total. The molecule has 4 fully saturated rings. The molecule has 0 nitrogen and oxygen atoms in total. The summed E-state index contributed by atoms with van der Waals surface area (Å²) in [4.78, 5) is 0. The summed E-state index contributed by atoms with van der Waals surface area (Å²) in [5.41, 5.74) is 13.0. The van der Waals surface area contributed by atoms with Crippen molar-refractivity contribution in [3.63, 3.8) is 0 Å². The van der Waals surface area contributed by atoms with Gasteiger partial charge in [-0.3, -0.25) is 0 Å². The van der Waals surface area contributed by atoms with Crippen molar-refractivity contribution < 1.29 is 20.8 Å². The van der Waals surface area contributed by atoms with Crippen molar-refractivity contribution in [3.05, 3.63) is 131 Å². The minimum absolute atomic E-state index is 0.206. The summed E-state index contributed by atoms with van der Waals surface area (Å²) in [5.74, 6) is 2.07. The van der Waals surface area contributed by atoms with Crippen LogP contribution in [0.15, 0.2) is 109 Å². The third kappa shape index (κ3) is 10.6. The number of hydrogen-bond acceptors (Lipinski definition) is 0. The SMILES string of the molecule is CC(C)(C)c1ccc(-c2cccc3[cH-]c(CC45CCC(CC4)C5)cc23)cc1.CC(C)(C)c1ccc(-c2cccc3[cH-]c(CC45CCC(CC4)C5)cc23)cc1.C[Si]C.[Cl][Zr+2][Cl]. The summed E-state index contributed by atoms with van der Waals surface area (Å²) in [6, 6.07) is 41.9. The van der Waals surface area contributed by atoms with Gasteiger partial charge >= 0.3 is 37.9 Å². The van der Waals surface area contributed by atoms with E-state index in [0.29, 0.717) is 10.8 Å². The fourth-order valence-electron chi connectivity index (χ4n) is 11.6. The van der Waals surface area contributed by atoms with Gasteiger partial charge in [-0.25, -0.2) is 0 Å². The first-order chi connectivity index (χ1) is 28.7. The van der Waals surface area contributed by atoms with Crippen molar-refractivity contribution in [1.29, 1.82) is 0 Å². The first-order valence-corrected chi connectivity index (χ1v) is 31.1. The third-order valence-corrected chi connectivity index (χ3v) is 14.7. The summed E-state index contributed by atoms with van der Waals surface area (Å²) in [5, 5.41) is 5.68. The maximum atomic E-state index is 4.93. The predicted octanol–water partition coefficient (Wildman–Crippen LogP) is 17.5. The number of fused-ring (bicyclic) bond motifs is 6. The van der Waals surface area contributed by atoms with Gasteiger partial charge < -0.3 is 0 Å². The summed E-state index contributed by atoms with van der Waals surface area (Å²) >= 11 is -0.826. The first kappa shape index (κ1) is 45.8. The molecule has 0 aliphatic heterocycles. The standard InChI is InChI=1S/2C27H31.C2H6Si.2ClH.Zr/c2*1-26(2,3)23-9-7-21(8-10-23)24-6-4-5-22-15-20(16-25(22)24)18-27-13-11-19(17-27)12-14-27;1-3-2;;;/h2*4-10,15-16,19H,11-14,17-18H2,1-3H3;1-2H3;2*1H;/q2*-1;;;;+4/p-2. The van der Waals surface area contributed by atoms with E-state index in [-0.39, 0.29) is 10.8 Å². The van der Waals surface area contributed by atoms with Gasteiger partial charge in [0.05, 0.1) is 0 Å². The van der Waals surface area contributed by atoms with E-state index in [4.69, 9.17) is 17.0 Å². The van der Waals surface area contributed by atoms with Gasteiger partial charge in [-0.2, -0.15) is 12.1 Å². The molecule has 4 saturated carbocycles. The van der Waals surface area contributed by atoms with Crippen LogP contribution in [0.25, 0.3) is 43.8 Å². The van der Waals surface area contributed by atoms with E-state index >= 15 is 0 Å². The number of benzene rings is 4. The van der Waals surface area contributed by atoms with Crippen LogP contribution in [-0.2, 0) is 44.5 Å². The maximum absolute atomic E-state index is 4.93. The molecule has 0 spiro atoms. The van der Waals surface area contributed by atoms with Crippen LogP contribution in [-0.4, -0.2) is 9.52 Å². The fraction of sp³-hybridized carbons (Fsp3) is 0.464. The zero-order valence-electron chi connectivity index (χ0n) is 37.8. The average Bonchev–Trinajstić information content (AvgIpc) is 4.09. The van der Waals surface area contributed by atoms with Crippen LogP contribution < -0.4 is 0 Å². The molecule has 6 aromatic carbocycles. The molecule has 4 heteroatoms. The second-order valence-corrected chi connectivity index (χ2v) is 26.0. The normalized spacial score (nSPS) is 22.8. The van der Waals surface area contributed by atoms with Crippen molar-refractivity contribution >= 4 is 48.1 Å². The van der Waals surface area contributed by atoms with E-state index in [2.05, 4.69) is 164 Å². The Hall–Kier alpha value is -2.22. The van der Waals surface area contributed by atoms with Gasteiger partial charge in [0.25, 0.3) is 0 Å². The van der Waals surface area contributed by atoms with E-state index in [1.807, 2.05) is 0 Å². The topological polar surface area (TPSA) is 0 Å².